The third-order valence-electron chi connectivity index (χ3n) is 22.3. The van der Waals surface area contributed by atoms with E-state index in [1.165, 1.54) is 23.8 Å². The van der Waals surface area contributed by atoms with Crippen LogP contribution >= 0.6 is 22.7 Å². The number of H-pyrrole nitrogens is 1. The van der Waals surface area contributed by atoms with Gasteiger partial charge in [0.1, 0.15) is 17.0 Å². The van der Waals surface area contributed by atoms with Gasteiger partial charge in [0.05, 0.1) is 44.9 Å². The molecule has 25 nitrogen and oxygen atoms in total. The molecule has 0 unspecified atom stereocenters. The van der Waals surface area contributed by atoms with Gasteiger partial charge in [0.15, 0.2) is 28.9 Å². The van der Waals surface area contributed by atoms with Gasteiger partial charge in [-0.3, -0.25) is 48.4 Å². The smallest absolute Gasteiger partial charge is 0.246 e. The first-order chi connectivity index (χ1) is 55.5. The molecule has 11 heterocycles. The normalized spacial score (nSPS) is 18.2. The van der Waals surface area contributed by atoms with Crippen molar-refractivity contribution < 1.29 is 33.5 Å². The van der Waals surface area contributed by atoms with E-state index in [4.69, 9.17) is 29.7 Å². The van der Waals surface area contributed by atoms with Gasteiger partial charge in [0.25, 0.3) is 0 Å². The number of aromatic amines is 1. The van der Waals surface area contributed by atoms with E-state index in [0.717, 1.165) is 132 Å². The first-order valence-electron chi connectivity index (χ1n) is 40.0. The first-order valence-corrected chi connectivity index (χ1v) is 41.8. The van der Waals surface area contributed by atoms with E-state index in [0.29, 0.717) is 102 Å². The highest BCUT2D eigenvalue weighted by molar-refractivity contribution is 7.18. The quantitative estimate of drug-likeness (QED) is 0.0315. The highest BCUT2D eigenvalue weighted by Gasteiger charge is 2.40. The molecule has 0 radical (unpaired) electrons. The van der Waals surface area contributed by atoms with Crippen LogP contribution in [-0.2, 0) is 41.7 Å². The number of anilines is 7. The first kappa shape index (κ1) is 81.7. The zero-order valence-electron chi connectivity index (χ0n) is 67.1. The second kappa shape index (κ2) is 36.9. The van der Waals surface area contributed by atoms with Crippen LogP contribution in [0.15, 0.2) is 164 Å². The fraction of sp³-hybridized carbons (Fsp3) is 0.398. The van der Waals surface area contributed by atoms with Gasteiger partial charge in [0.2, 0.25) is 47.4 Å². The zero-order valence-corrected chi connectivity index (χ0v) is 68.7. The number of hydrogen-bond donors (Lipinski definition) is 5. The van der Waals surface area contributed by atoms with Crippen molar-refractivity contribution in [3.63, 3.8) is 0 Å². The average molecular weight is 1590 g/mol. The fourth-order valence-corrected chi connectivity index (χ4v) is 17.3. The Labute approximate surface area is 680 Å². The van der Waals surface area contributed by atoms with Crippen LogP contribution in [0.3, 0.4) is 0 Å². The molecule has 5 aliphatic rings. The second-order valence-electron chi connectivity index (χ2n) is 31.2. The standard InChI is InChI=1S/C31H32N4O3S.C29H36N6O2S.C28H36N8O2/c1-5-23(36)18-21-6-10-24(11-7-21)38-25-12-8-22(9-13-25)20(4)32-31-33-26-16-17-39-29(26)30(34-31)35-27(19(2)3)14-15-28(35)37;1-5-25(36)34-15-12-22(13-16-34)31-21-8-6-20(7-9-21)19(4)30-29-32-23-14-17-38-27(23)28(33-29)35-24(18(2)3)10-11-26(35)37;1-5-23(37)35-14-12-34(13-15-35)16-20-6-8-21(9-7-20)19(4)31-28-32-26-25(29-17-30-26)27(33-28)36-22(18(2)3)10-11-24(36)38/h5-13,16-17,19-20,27H,1,14-15,18H2,2-4H3,(H,32,33,34);5-9,14,17-19,22,24,31H,1,10-13,15-16H2,2-4H3,(H,30,32,33);5-9,17-19,22H,1,10-16H2,2-4H3,(H2,29,30,31,32,33)/t20-,27+;19-,24+;19-,22+/m000/s1. The number of piperazine rings is 1. The molecule has 4 aromatic carbocycles. The summed E-state index contributed by atoms with van der Waals surface area (Å²) in [5.74, 6) is 6.28. The van der Waals surface area contributed by atoms with Crippen molar-refractivity contribution in [2.24, 2.45) is 17.8 Å². The number of hydrogen-bond acceptors (Lipinski definition) is 21. The van der Waals surface area contributed by atoms with E-state index in [1.54, 1.807) is 29.0 Å². The number of carbonyl (C=O) groups is 6. The predicted molar refractivity (Wildman–Crippen MR) is 459 cm³/mol. The van der Waals surface area contributed by atoms with E-state index in [1.807, 2.05) is 95.9 Å². The summed E-state index contributed by atoms with van der Waals surface area (Å²) in [6.45, 7) is 35.3. The third-order valence-corrected chi connectivity index (χ3v) is 24.1. The highest BCUT2D eigenvalue weighted by Crippen LogP contribution is 2.41. The number of aromatic nitrogens is 8. The van der Waals surface area contributed by atoms with E-state index >= 15 is 0 Å². The minimum atomic E-state index is -0.0696. The van der Waals surface area contributed by atoms with E-state index in [2.05, 4.69) is 172 Å². The second-order valence-corrected chi connectivity index (χ2v) is 33.0. The summed E-state index contributed by atoms with van der Waals surface area (Å²) in [6.07, 6.45) is 12.0. The monoisotopic (exact) mass is 1590 g/mol. The Bertz CT molecular complexity index is 4920. The van der Waals surface area contributed by atoms with Gasteiger partial charge in [-0.15, -0.1) is 22.7 Å². The predicted octanol–water partition coefficient (Wildman–Crippen LogP) is 16.2. The van der Waals surface area contributed by atoms with Crippen LogP contribution in [0.4, 0.5) is 41.0 Å². The fourth-order valence-electron chi connectivity index (χ4n) is 15.7. The lowest BCUT2D eigenvalue weighted by Gasteiger charge is -2.34. The molecule has 600 valence electrons. The van der Waals surface area contributed by atoms with Gasteiger partial charge in [-0.1, -0.05) is 122 Å². The molecule has 5 amide bonds. The summed E-state index contributed by atoms with van der Waals surface area (Å²) < 4.78 is 7.88. The number of nitrogens with one attached hydrogen (secondary N) is 5. The van der Waals surface area contributed by atoms with Gasteiger partial charge in [-0.05, 0) is 176 Å². The molecule has 115 heavy (non-hydrogen) atoms. The largest absolute Gasteiger partial charge is 0.457 e. The summed E-state index contributed by atoms with van der Waals surface area (Å²) in [4.78, 5) is 121. The Morgan fingerprint density at radius 1 is 0.496 bits per heavy atom. The molecule has 6 atom stereocenters. The van der Waals surface area contributed by atoms with Crippen molar-refractivity contribution in [1.29, 1.82) is 0 Å². The molecule has 5 N–H and O–H groups in total. The number of ketones is 1. The van der Waals surface area contributed by atoms with Crippen LogP contribution in [0.1, 0.15) is 160 Å². The maximum Gasteiger partial charge on any atom is 0.246 e. The van der Waals surface area contributed by atoms with Crippen molar-refractivity contribution >= 4 is 131 Å². The SMILES string of the molecule is C=CC(=O)Cc1ccc(Oc2ccc([C@H](C)Nc3nc(N4C(=O)CC[C@@H]4C(C)C)c4sccc4n3)cc2)cc1.C=CC(=O)N1CCC(Nc2ccc([C@H](C)Nc3nc(N4C(=O)CC[C@@H]4C(C)C)c4sccc4n3)cc2)CC1.C=CC(=O)N1CCN(Cc2ccc([C@H](C)Nc3nc(N4C(=O)CC[C@@H]4C(C)C)c4[nH]cnc4n3)cc2)CC1. The lowest BCUT2D eigenvalue weighted by molar-refractivity contribution is -0.128. The summed E-state index contributed by atoms with van der Waals surface area (Å²) in [5.41, 5.74) is 9.42. The van der Waals surface area contributed by atoms with Crippen LogP contribution in [0, 0.1) is 17.8 Å². The third kappa shape index (κ3) is 19.4. The highest BCUT2D eigenvalue weighted by atomic mass is 32.1. The lowest BCUT2D eigenvalue weighted by atomic mass is 10.0. The molecule has 0 saturated carbocycles. The molecule has 5 fully saturated rings. The molecular weight excluding hydrogens is 1490 g/mol. The Kier molecular flexibility index (Phi) is 26.2. The molecule has 27 heteroatoms. The van der Waals surface area contributed by atoms with E-state index < -0.39 is 0 Å². The van der Waals surface area contributed by atoms with Crippen molar-refractivity contribution in [2.75, 3.05) is 75.2 Å². The van der Waals surface area contributed by atoms with Crippen molar-refractivity contribution in [3.05, 3.63) is 192 Å². The number of benzene rings is 4. The van der Waals surface area contributed by atoms with Crippen molar-refractivity contribution in [2.45, 2.75) is 169 Å². The van der Waals surface area contributed by atoms with Crippen LogP contribution in [0.5, 0.6) is 11.5 Å². The Hall–Kier alpha value is -11.3. The molecular formula is C88H104N18O7S2. The molecule has 0 aliphatic carbocycles. The number of imidazole rings is 1. The molecule has 0 bridgehead atoms. The number of nitrogens with zero attached hydrogens (tertiary/aromatic N) is 13. The molecule has 5 aliphatic heterocycles. The number of amides is 5. The zero-order chi connectivity index (χ0) is 81.1. The number of carbonyl (C=O) groups excluding carboxylic acids is 6. The van der Waals surface area contributed by atoms with Gasteiger partial charge in [0, 0.05) is 101 Å². The number of thiophene rings is 2. The topological polar surface area (TPSA) is 285 Å². The number of fused-ring (bicyclic) bond motifs is 3. The van der Waals surface area contributed by atoms with Crippen molar-refractivity contribution in [3.8, 4) is 11.5 Å². The molecule has 5 saturated heterocycles. The molecule has 10 aromatic rings. The molecule has 0 spiro atoms. The van der Waals surface area contributed by atoms with Crippen LogP contribution in [-0.4, -0.2) is 153 Å². The van der Waals surface area contributed by atoms with E-state index in [9.17, 15) is 28.8 Å². The molecule has 6 aromatic heterocycles. The summed E-state index contributed by atoms with van der Waals surface area (Å²) in [7, 11) is 0. The number of rotatable bonds is 26. The van der Waals surface area contributed by atoms with Gasteiger partial charge < -0.3 is 40.8 Å². The summed E-state index contributed by atoms with van der Waals surface area (Å²) in [6, 6.07) is 36.9. The van der Waals surface area contributed by atoms with Crippen molar-refractivity contribution in [1.82, 2.24) is 54.6 Å². The van der Waals surface area contributed by atoms with Crippen LogP contribution in [0.25, 0.3) is 31.6 Å². The van der Waals surface area contributed by atoms with Gasteiger partial charge in [-0.2, -0.15) is 19.9 Å². The number of likely N-dealkylation sites (tertiary alicyclic amines) is 1. The van der Waals surface area contributed by atoms with Crippen LogP contribution in [0.2, 0.25) is 0 Å². The summed E-state index contributed by atoms with van der Waals surface area (Å²) in [5, 5.41) is 17.9. The maximum atomic E-state index is 12.9. The van der Waals surface area contributed by atoms with Gasteiger partial charge in [-0.25, -0.2) is 15.0 Å². The van der Waals surface area contributed by atoms with Crippen LogP contribution < -0.4 is 40.7 Å². The lowest BCUT2D eigenvalue weighted by Crippen LogP contribution is -2.47. The van der Waals surface area contributed by atoms with E-state index in [-0.39, 0.29) is 71.6 Å². The maximum absolute atomic E-state index is 12.9. The number of piperidine rings is 1. The number of ether oxygens (including phenoxy) is 1. The number of allylic oxidation sites excluding steroid dienone is 1. The minimum Gasteiger partial charge on any atom is -0.457 e. The molecule has 15 rings (SSSR count). The van der Waals surface area contributed by atoms with Gasteiger partial charge >= 0.3 is 0 Å². The summed E-state index contributed by atoms with van der Waals surface area (Å²) >= 11 is 3.15. The average Bonchev–Trinajstić information content (AvgIpc) is 1.68. The Morgan fingerprint density at radius 2 is 0.913 bits per heavy atom. The minimum absolute atomic E-state index is 0.00444. The Morgan fingerprint density at radius 3 is 1.37 bits per heavy atom. The Balaban J connectivity index is 0.000000150.